The summed E-state index contributed by atoms with van der Waals surface area (Å²) in [6, 6.07) is 7.07. The van der Waals surface area contributed by atoms with E-state index in [1.807, 2.05) is 17.2 Å². The lowest BCUT2D eigenvalue weighted by atomic mass is 10.1. The average Bonchev–Trinajstić information content (AvgIpc) is 3.38. The molecule has 1 aromatic carbocycles. The van der Waals surface area contributed by atoms with Crippen LogP contribution in [0.25, 0.3) is 0 Å². The summed E-state index contributed by atoms with van der Waals surface area (Å²) in [6.07, 6.45) is 3.90. The van der Waals surface area contributed by atoms with Gasteiger partial charge < -0.3 is 15.5 Å². The fourth-order valence-corrected chi connectivity index (χ4v) is 4.51. The number of carbonyl (C=O) groups is 2. The molecule has 0 saturated carbocycles. The van der Waals surface area contributed by atoms with E-state index in [-0.39, 0.29) is 17.9 Å². The van der Waals surface area contributed by atoms with Crippen LogP contribution < -0.4 is 10.6 Å². The first-order valence-corrected chi connectivity index (χ1v) is 11.3. The number of likely N-dealkylation sites (tertiary alicyclic amines) is 1. The first kappa shape index (κ1) is 21.5. The molecule has 1 unspecified atom stereocenters. The fraction of sp³-hybridized carbons (Fsp3) is 0.500. The van der Waals surface area contributed by atoms with Crippen LogP contribution in [0.4, 0.5) is 0 Å². The van der Waals surface area contributed by atoms with Crippen molar-refractivity contribution in [3.05, 3.63) is 51.5 Å². The van der Waals surface area contributed by atoms with Gasteiger partial charge in [-0.05, 0) is 63.9 Å². The van der Waals surface area contributed by atoms with Crippen molar-refractivity contribution in [1.29, 1.82) is 0 Å². The maximum atomic E-state index is 13.1. The largest absolute Gasteiger partial charge is 0.352 e. The lowest BCUT2D eigenvalue weighted by molar-refractivity contribution is 0.0735. The molecule has 1 fully saturated rings. The van der Waals surface area contributed by atoms with E-state index in [9.17, 15) is 9.59 Å². The van der Waals surface area contributed by atoms with E-state index in [0.29, 0.717) is 17.7 Å². The van der Waals surface area contributed by atoms with E-state index in [1.54, 1.807) is 35.6 Å². The zero-order valence-corrected chi connectivity index (χ0v) is 18.1. The Morgan fingerprint density at radius 3 is 2.83 bits per heavy atom. The molecule has 1 saturated heterocycles. The Bertz CT molecular complexity index is 836. The lowest BCUT2D eigenvalue weighted by Crippen LogP contribution is -2.31. The molecule has 0 spiro atoms. The van der Waals surface area contributed by atoms with Gasteiger partial charge in [-0.15, -0.1) is 11.3 Å². The van der Waals surface area contributed by atoms with Gasteiger partial charge in [-0.25, -0.2) is 4.98 Å². The van der Waals surface area contributed by atoms with Crippen LogP contribution in [0.15, 0.2) is 29.6 Å². The van der Waals surface area contributed by atoms with Crippen LogP contribution in [-0.4, -0.2) is 47.9 Å². The van der Waals surface area contributed by atoms with Gasteiger partial charge in [0.1, 0.15) is 5.01 Å². The minimum Gasteiger partial charge on any atom is -0.352 e. The maximum absolute atomic E-state index is 13.1. The number of aryl methyl sites for hydroxylation is 1. The van der Waals surface area contributed by atoms with E-state index in [4.69, 9.17) is 0 Å². The minimum atomic E-state index is -0.135. The standard InChI is InChI=1S/C22H30N4O2S/c1-3-10-23-11-6-12-24-20(27)17-7-4-8-18(14-17)22(28)26-13-5-9-19(26)21-25-16(2)15-29-21/h4,7-8,14-15,19,23H,3,5-6,9-13H2,1-2H3,(H,24,27). The Kier molecular flexibility index (Phi) is 7.77. The monoisotopic (exact) mass is 414 g/mol. The van der Waals surface area contributed by atoms with Gasteiger partial charge in [-0.2, -0.15) is 0 Å². The number of rotatable bonds is 9. The van der Waals surface area contributed by atoms with E-state index >= 15 is 0 Å². The third-order valence-electron chi connectivity index (χ3n) is 5.05. The molecular formula is C22H30N4O2S. The summed E-state index contributed by atoms with van der Waals surface area (Å²) in [4.78, 5) is 32.1. The fourth-order valence-electron chi connectivity index (χ4n) is 3.57. The molecule has 1 aliphatic rings. The van der Waals surface area contributed by atoms with Crippen LogP contribution in [-0.2, 0) is 0 Å². The third-order valence-corrected chi connectivity index (χ3v) is 6.11. The zero-order valence-electron chi connectivity index (χ0n) is 17.2. The predicted octanol–water partition coefficient (Wildman–Crippen LogP) is 3.55. The quantitative estimate of drug-likeness (QED) is 0.616. The summed E-state index contributed by atoms with van der Waals surface area (Å²) in [5, 5.41) is 9.28. The van der Waals surface area contributed by atoms with E-state index in [1.165, 1.54) is 0 Å². The molecule has 7 heteroatoms. The Balaban J connectivity index is 1.61. The molecule has 3 rings (SSSR count). The van der Waals surface area contributed by atoms with E-state index in [2.05, 4.69) is 22.5 Å². The molecule has 2 aromatic rings. The lowest BCUT2D eigenvalue weighted by Gasteiger charge is -2.23. The van der Waals surface area contributed by atoms with Gasteiger partial charge >= 0.3 is 0 Å². The van der Waals surface area contributed by atoms with Crippen molar-refractivity contribution in [2.45, 2.75) is 45.6 Å². The minimum absolute atomic E-state index is 0.0289. The SMILES string of the molecule is CCCNCCCNC(=O)c1cccc(C(=O)N2CCCC2c2nc(C)cs2)c1. The van der Waals surface area contributed by atoms with Crippen molar-refractivity contribution in [2.75, 3.05) is 26.2 Å². The molecular weight excluding hydrogens is 384 g/mol. The predicted molar refractivity (Wildman–Crippen MR) is 116 cm³/mol. The van der Waals surface area contributed by atoms with E-state index in [0.717, 1.165) is 56.0 Å². The molecule has 1 atom stereocenters. The summed E-state index contributed by atoms with van der Waals surface area (Å²) in [5.74, 6) is -0.164. The molecule has 2 heterocycles. The van der Waals surface area contributed by atoms with Gasteiger partial charge in [0, 0.05) is 35.3 Å². The number of nitrogens with one attached hydrogen (secondary N) is 2. The number of hydrogen-bond acceptors (Lipinski definition) is 5. The van der Waals surface area contributed by atoms with Gasteiger partial charge in [0.05, 0.1) is 6.04 Å². The summed E-state index contributed by atoms with van der Waals surface area (Å²) in [5.41, 5.74) is 2.08. The Labute approximate surface area is 176 Å². The number of aromatic nitrogens is 1. The molecule has 2 amide bonds. The van der Waals surface area contributed by atoms with Gasteiger partial charge in [0.15, 0.2) is 0 Å². The smallest absolute Gasteiger partial charge is 0.254 e. The van der Waals surface area contributed by atoms with Crippen LogP contribution in [0.3, 0.4) is 0 Å². The van der Waals surface area contributed by atoms with Crippen LogP contribution in [0.5, 0.6) is 0 Å². The number of amides is 2. The van der Waals surface area contributed by atoms with Crippen molar-refractivity contribution in [3.63, 3.8) is 0 Å². The van der Waals surface area contributed by atoms with Crippen molar-refractivity contribution in [3.8, 4) is 0 Å². The summed E-state index contributed by atoms with van der Waals surface area (Å²) < 4.78 is 0. The second kappa shape index (κ2) is 10.5. The molecule has 1 aromatic heterocycles. The Morgan fingerprint density at radius 2 is 2.07 bits per heavy atom. The molecule has 29 heavy (non-hydrogen) atoms. The van der Waals surface area contributed by atoms with Crippen LogP contribution in [0.1, 0.15) is 70.1 Å². The average molecular weight is 415 g/mol. The Hall–Kier alpha value is -2.25. The van der Waals surface area contributed by atoms with Crippen molar-refractivity contribution in [1.82, 2.24) is 20.5 Å². The zero-order chi connectivity index (χ0) is 20.6. The molecule has 6 nitrogen and oxygen atoms in total. The molecule has 1 aliphatic heterocycles. The topological polar surface area (TPSA) is 74.3 Å². The second-order valence-corrected chi connectivity index (χ2v) is 8.31. The van der Waals surface area contributed by atoms with Gasteiger partial charge in [0.25, 0.3) is 11.8 Å². The van der Waals surface area contributed by atoms with Crippen molar-refractivity contribution < 1.29 is 9.59 Å². The van der Waals surface area contributed by atoms with Gasteiger partial charge in [-0.1, -0.05) is 13.0 Å². The summed E-state index contributed by atoms with van der Waals surface area (Å²) in [6.45, 7) is 7.33. The maximum Gasteiger partial charge on any atom is 0.254 e. The third kappa shape index (κ3) is 5.64. The highest BCUT2D eigenvalue weighted by atomic mass is 32.1. The first-order valence-electron chi connectivity index (χ1n) is 10.4. The highest BCUT2D eigenvalue weighted by molar-refractivity contribution is 7.09. The van der Waals surface area contributed by atoms with Crippen molar-refractivity contribution >= 4 is 23.2 Å². The first-order chi connectivity index (χ1) is 14.1. The second-order valence-electron chi connectivity index (χ2n) is 7.42. The summed E-state index contributed by atoms with van der Waals surface area (Å²) in [7, 11) is 0. The van der Waals surface area contributed by atoms with Crippen LogP contribution in [0, 0.1) is 6.92 Å². The molecule has 0 aliphatic carbocycles. The molecule has 0 bridgehead atoms. The van der Waals surface area contributed by atoms with Crippen molar-refractivity contribution in [2.24, 2.45) is 0 Å². The van der Waals surface area contributed by atoms with Gasteiger partial charge in [0.2, 0.25) is 0 Å². The number of nitrogens with zero attached hydrogens (tertiary/aromatic N) is 2. The highest BCUT2D eigenvalue weighted by Gasteiger charge is 2.32. The normalized spacial score (nSPS) is 16.2. The molecule has 2 N–H and O–H groups in total. The number of hydrogen-bond donors (Lipinski definition) is 2. The Morgan fingerprint density at radius 1 is 1.24 bits per heavy atom. The molecule has 0 radical (unpaired) electrons. The molecule has 156 valence electrons. The van der Waals surface area contributed by atoms with Gasteiger partial charge in [-0.3, -0.25) is 9.59 Å². The van der Waals surface area contributed by atoms with Crippen LogP contribution in [0.2, 0.25) is 0 Å². The van der Waals surface area contributed by atoms with E-state index < -0.39 is 0 Å². The number of thiazole rings is 1. The van der Waals surface area contributed by atoms with Crippen LogP contribution >= 0.6 is 11.3 Å². The number of carbonyl (C=O) groups excluding carboxylic acids is 2. The number of benzene rings is 1. The summed E-state index contributed by atoms with van der Waals surface area (Å²) >= 11 is 1.61. The highest BCUT2D eigenvalue weighted by Crippen LogP contribution is 2.34.